The Morgan fingerprint density at radius 3 is 2.91 bits per heavy atom. The van der Waals surface area contributed by atoms with Crippen molar-refractivity contribution in [2.24, 2.45) is 0 Å². The molecule has 0 atom stereocenters. The van der Waals surface area contributed by atoms with Gasteiger partial charge in [-0.15, -0.1) is 0 Å². The number of carbonyl (C=O) groups excluding carboxylic acids is 1. The Hall–Kier alpha value is -2.44. The van der Waals surface area contributed by atoms with Crippen LogP contribution < -0.4 is 10.2 Å². The molecular formula is C15H17N5O2. The van der Waals surface area contributed by atoms with E-state index in [9.17, 15) is 4.79 Å². The minimum absolute atomic E-state index is 0.0206. The molecule has 0 aromatic carbocycles. The predicted octanol–water partition coefficient (Wildman–Crippen LogP) is 1.40. The van der Waals surface area contributed by atoms with Crippen molar-refractivity contribution in [1.29, 1.82) is 0 Å². The highest BCUT2D eigenvalue weighted by atomic mass is 16.5. The van der Waals surface area contributed by atoms with Crippen molar-refractivity contribution in [2.45, 2.75) is 32.2 Å². The van der Waals surface area contributed by atoms with Crippen LogP contribution in [0, 0.1) is 6.92 Å². The van der Waals surface area contributed by atoms with Gasteiger partial charge in [0.2, 0.25) is 5.89 Å². The van der Waals surface area contributed by atoms with E-state index in [-0.39, 0.29) is 5.91 Å². The van der Waals surface area contributed by atoms with E-state index in [1.807, 2.05) is 13.0 Å². The van der Waals surface area contributed by atoms with E-state index in [0.29, 0.717) is 18.3 Å². The summed E-state index contributed by atoms with van der Waals surface area (Å²) < 4.78 is 5.28. The third-order valence-electron chi connectivity index (χ3n) is 4.38. The molecule has 0 aliphatic carbocycles. The number of amides is 1. The van der Waals surface area contributed by atoms with Crippen molar-refractivity contribution in [3.05, 3.63) is 35.2 Å². The fourth-order valence-corrected chi connectivity index (χ4v) is 3.24. The van der Waals surface area contributed by atoms with Crippen molar-refractivity contribution >= 4 is 11.6 Å². The van der Waals surface area contributed by atoms with Gasteiger partial charge in [0.1, 0.15) is 0 Å². The standard InChI is InChI=1S/C15H17N5O2/c1-9-18-15(22-19-9)10-3-6-20(7-4-10)12-2-5-16-11-8-17-14(21)13(11)12/h2,5,10H,3-4,6-8H2,1H3,(H,17,21). The fourth-order valence-electron chi connectivity index (χ4n) is 3.24. The zero-order valence-corrected chi connectivity index (χ0v) is 12.4. The number of aromatic nitrogens is 3. The smallest absolute Gasteiger partial charge is 0.255 e. The minimum atomic E-state index is -0.0206. The van der Waals surface area contributed by atoms with Crippen LogP contribution in [0.25, 0.3) is 0 Å². The zero-order valence-electron chi connectivity index (χ0n) is 12.4. The molecule has 0 radical (unpaired) electrons. The first-order valence-electron chi connectivity index (χ1n) is 7.53. The highest BCUT2D eigenvalue weighted by Gasteiger charge is 2.30. The topological polar surface area (TPSA) is 84.2 Å². The molecule has 22 heavy (non-hydrogen) atoms. The summed E-state index contributed by atoms with van der Waals surface area (Å²) in [5.74, 6) is 1.70. The lowest BCUT2D eigenvalue weighted by Crippen LogP contribution is -2.34. The summed E-state index contributed by atoms with van der Waals surface area (Å²) >= 11 is 0. The van der Waals surface area contributed by atoms with Gasteiger partial charge in [-0.25, -0.2) is 0 Å². The lowest BCUT2D eigenvalue weighted by Gasteiger charge is -2.32. The fraction of sp³-hybridized carbons (Fsp3) is 0.467. The molecule has 0 saturated carbocycles. The molecule has 1 amide bonds. The van der Waals surface area contributed by atoms with Crippen molar-refractivity contribution in [3.8, 4) is 0 Å². The molecule has 4 heterocycles. The summed E-state index contributed by atoms with van der Waals surface area (Å²) in [5, 5.41) is 6.71. The normalized spacial score (nSPS) is 18.4. The van der Waals surface area contributed by atoms with Crippen LogP contribution in [-0.4, -0.2) is 34.1 Å². The van der Waals surface area contributed by atoms with Gasteiger partial charge in [-0.1, -0.05) is 5.16 Å². The van der Waals surface area contributed by atoms with Gasteiger partial charge in [0.05, 0.1) is 23.5 Å². The maximum Gasteiger partial charge on any atom is 0.255 e. The van der Waals surface area contributed by atoms with E-state index in [1.54, 1.807) is 6.20 Å². The maximum absolute atomic E-state index is 12.0. The van der Waals surface area contributed by atoms with E-state index in [2.05, 4.69) is 25.3 Å². The second-order valence-electron chi connectivity index (χ2n) is 5.78. The van der Waals surface area contributed by atoms with E-state index in [0.717, 1.165) is 48.8 Å². The summed E-state index contributed by atoms with van der Waals surface area (Å²) in [4.78, 5) is 22.9. The van der Waals surface area contributed by atoms with Crippen molar-refractivity contribution < 1.29 is 9.32 Å². The molecule has 7 heteroatoms. The summed E-state index contributed by atoms with van der Waals surface area (Å²) in [7, 11) is 0. The molecule has 1 saturated heterocycles. The maximum atomic E-state index is 12.0. The number of hydrogen-bond acceptors (Lipinski definition) is 6. The number of pyridine rings is 1. The molecule has 1 N–H and O–H groups in total. The van der Waals surface area contributed by atoms with Crippen LogP contribution in [0.2, 0.25) is 0 Å². The Balaban J connectivity index is 1.53. The van der Waals surface area contributed by atoms with Crippen LogP contribution in [0.3, 0.4) is 0 Å². The van der Waals surface area contributed by atoms with Crippen LogP contribution in [0.1, 0.15) is 46.5 Å². The molecule has 2 aromatic heterocycles. The molecular weight excluding hydrogens is 282 g/mol. The lowest BCUT2D eigenvalue weighted by atomic mass is 9.96. The molecule has 114 valence electrons. The van der Waals surface area contributed by atoms with Gasteiger partial charge in [0, 0.05) is 25.2 Å². The Kier molecular flexibility index (Phi) is 3.06. The monoisotopic (exact) mass is 299 g/mol. The van der Waals surface area contributed by atoms with E-state index in [1.165, 1.54) is 0 Å². The molecule has 0 spiro atoms. The first kappa shape index (κ1) is 13.2. The summed E-state index contributed by atoms with van der Waals surface area (Å²) in [6, 6.07) is 1.93. The van der Waals surface area contributed by atoms with Crippen molar-refractivity contribution in [2.75, 3.05) is 18.0 Å². The highest BCUT2D eigenvalue weighted by molar-refractivity contribution is 6.03. The van der Waals surface area contributed by atoms with Gasteiger partial charge < -0.3 is 14.7 Å². The Morgan fingerprint density at radius 1 is 1.36 bits per heavy atom. The third-order valence-corrected chi connectivity index (χ3v) is 4.38. The number of rotatable bonds is 2. The second-order valence-corrected chi connectivity index (χ2v) is 5.78. The Labute approximate surface area is 127 Å². The zero-order chi connectivity index (χ0) is 15.1. The number of fused-ring (bicyclic) bond motifs is 1. The Bertz CT molecular complexity index is 718. The van der Waals surface area contributed by atoms with Crippen LogP contribution in [0.5, 0.6) is 0 Å². The quantitative estimate of drug-likeness (QED) is 0.902. The number of anilines is 1. The molecule has 2 aromatic rings. The Morgan fingerprint density at radius 2 is 2.18 bits per heavy atom. The molecule has 2 aliphatic rings. The van der Waals surface area contributed by atoms with Crippen LogP contribution in [-0.2, 0) is 6.54 Å². The number of carbonyl (C=O) groups is 1. The first-order chi connectivity index (χ1) is 10.7. The van der Waals surface area contributed by atoms with Crippen LogP contribution >= 0.6 is 0 Å². The van der Waals surface area contributed by atoms with Crippen LogP contribution in [0.4, 0.5) is 5.69 Å². The minimum Gasteiger partial charge on any atom is -0.371 e. The number of piperidine rings is 1. The average molecular weight is 299 g/mol. The van der Waals surface area contributed by atoms with Crippen LogP contribution in [0.15, 0.2) is 16.8 Å². The van der Waals surface area contributed by atoms with Gasteiger partial charge >= 0.3 is 0 Å². The van der Waals surface area contributed by atoms with E-state index in [4.69, 9.17) is 4.52 Å². The first-order valence-corrected chi connectivity index (χ1v) is 7.53. The predicted molar refractivity (Wildman–Crippen MR) is 78.6 cm³/mol. The largest absolute Gasteiger partial charge is 0.371 e. The molecule has 0 bridgehead atoms. The van der Waals surface area contributed by atoms with Gasteiger partial charge in [-0.05, 0) is 25.8 Å². The van der Waals surface area contributed by atoms with Gasteiger partial charge in [-0.2, -0.15) is 4.98 Å². The van der Waals surface area contributed by atoms with Gasteiger partial charge in [-0.3, -0.25) is 9.78 Å². The van der Waals surface area contributed by atoms with Gasteiger partial charge in [0.25, 0.3) is 5.91 Å². The highest BCUT2D eigenvalue weighted by Crippen LogP contribution is 2.32. The number of aryl methyl sites for hydroxylation is 1. The number of hydrogen-bond donors (Lipinski definition) is 1. The molecule has 4 rings (SSSR count). The van der Waals surface area contributed by atoms with E-state index >= 15 is 0 Å². The second kappa shape index (κ2) is 5.08. The number of nitrogens with zero attached hydrogens (tertiary/aromatic N) is 4. The third kappa shape index (κ3) is 2.13. The SMILES string of the molecule is Cc1noc(C2CCN(c3ccnc4c3C(=O)NC4)CC2)n1. The van der Waals surface area contributed by atoms with Crippen molar-refractivity contribution in [1.82, 2.24) is 20.4 Å². The summed E-state index contributed by atoms with van der Waals surface area (Å²) in [5.41, 5.74) is 2.56. The summed E-state index contributed by atoms with van der Waals surface area (Å²) in [6.07, 6.45) is 3.67. The lowest BCUT2D eigenvalue weighted by molar-refractivity contribution is 0.0966. The molecule has 1 fully saturated rings. The number of nitrogens with one attached hydrogen (secondary N) is 1. The molecule has 2 aliphatic heterocycles. The summed E-state index contributed by atoms with van der Waals surface area (Å²) in [6.45, 7) is 4.10. The molecule has 0 unspecified atom stereocenters. The van der Waals surface area contributed by atoms with E-state index < -0.39 is 0 Å². The molecule has 7 nitrogen and oxygen atoms in total. The average Bonchev–Trinajstić information content (AvgIpc) is 3.14. The van der Waals surface area contributed by atoms with Crippen molar-refractivity contribution in [3.63, 3.8) is 0 Å². The van der Waals surface area contributed by atoms with Gasteiger partial charge in [0.15, 0.2) is 5.82 Å².